The van der Waals surface area contributed by atoms with E-state index in [4.69, 9.17) is 23.2 Å². The van der Waals surface area contributed by atoms with Gasteiger partial charge in [-0.15, -0.1) is 0 Å². The van der Waals surface area contributed by atoms with Crippen LogP contribution in [0.25, 0.3) is 0 Å². The molecule has 0 N–H and O–H groups in total. The second-order valence-corrected chi connectivity index (χ2v) is 7.20. The van der Waals surface area contributed by atoms with Gasteiger partial charge < -0.3 is 4.74 Å². The molecular formula is C12H13Cl2NO4S. The molecule has 1 aliphatic rings. The summed E-state index contributed by atoms with van der Waals surface area (Å²) in [6.07, 6.45) is 0.435. The smallest absolute Gasteiger partial charge is 0.310 e. The molecule has 0 aromatic heterocycles. The summed E-state index contributed by atoms with van der Waals surface area (Å²) in [4.78, 5) is 11.4. The van der Waals surface area contributed by atoms with Gasteiger partial charge in [-0.25, -0.2) is 8.42 Å². The first-order chi connectivity index (χ1) is 9.36. The van der Waals surface area contributed by atoms with Gasteiger partial charge in [-0.05, 0) is 24.6 Å². The number of esters is 1. The standard InChI is InChI=1S/C12H13Cl2NO4S/c1-19-12(16)8-4-5-15(7-8)20(17,18)11-6-9(13)2-3-10(11)14/h2-3,6,8H,4-5,7H2,1H3. The predicted molar refractivity (Wildman–Crippen MR) is 75.3 cm³/mol. The van der Waals surface area contributed by atoms with Crippen molar-refractivity contribution in [3.63, 3.8) is 0 Å². The van der Waals surface area contributed by atoms with Gasteiger partial charge in [0.05, 0.1) is 18.1 Å². The Balaban J connectivity index is 2.28. The van der Waals surface area contributed by atoms with Crippen molar-refractivity contribution in [3.05, 3.63) is 28.2 Å². The highest BCUT2D eigenvalue weighted by Gasteiger charge is 2.37. The van der Waals surface area contributed by atoms with Gasteiger partial charge in [0.25, 0.3) is 0 Å². The highest BCUT2D eigenvalue weighted by Crippen LogP contribution is 2.31. The minimum atomic E-state index is -3.76. The Hall–Kier alpha value is -0.820. The minimum Gasteiger partial charge on any atom is -0.469 e. The lowest BCUT2D eigenvalue weighted by atomic mass is 10.1. The van der Waals surface area contributed by atoms with Crippen molar-refractivity contribution in [2.75, 3.05) is 20.2 Å². The van der Waals surface area contributed by atoms with E-state index in [9.17, 15) is 13.2 Å². The summed E-state index contributed by atoms with van der Waals surface area (Å²) in [5.74, 6) is -0.840. The quantitative estimate of drug-likeness (QED) is 0.793. The maximum Gasteiger partial charge on any atom is 0.310 e. The zero-order chi connectivity index (χ0) is 14.9. The molecule has 1 atom stereocenters. The number of benzene rings is 1. The largest absolute Gasteiger partial charge is 0.469 e. The predicted octanol–water partition coefficient (Wildman–Crippen LogP) is 2.18. The summed E-state index contributed by atoms with van der Waals surface area (Å²) in [6.45, 7) is 0.350. The minimum absolute atomic E-state index is 0.0443. The summed E-state index contributed by atoms with van der Waals surface area (Å²) in [5, 5.41) is 0.396. The molecule has 20 heavy (non-hydrogen) atoms. The van der Waals surface area contributed by atoms with Crippen molar-refractivity contribution in [1.82, 2.24) is 4.31 Å². The zero-order valence-electron chi connectivity index (χ0n) is 10.7. The average Bonchev–Trinajstić information content (AvgIpc) is 2.91. The van der Waals surface area contributed by atoms with Gasteiger partial charge in [-0.1, -0.05) is 23.2 Å². The lowest BCUT2D eigenvalue weighted by Crippen LogP contribution is -2.30. The van der Waals surface area contributed by atoms with Crippen molar-refractivity contribution >= 4 is 39.2 Å². The van der Waals surface area contributed by atoms with Gasteiger partial charge >= 0.3 is 5.97 Å². The lowest BCUT2D eigenvalue weighted by molar-refractivity contribution is -0.144. The van der Waals surface area contributed by atoms with Crippen LogP contribution in [-0.2, 0) is 19.6 Å². The summed E-state index contributed by atoms with van der Waals surface area (Å²) < 4.78 is 30.9. The summed E-state index contributed by atoms with van der Waals surface area (Å²) in [5.41, 5.74) is 0. The molecule has 1 saturated heterocycles. The Morgan fingerprint density at radius 2 is 2.10 bits per heavy atom. The van der Waals surface area contributed by atoms with Crippen LogP contribution in [0.5, 0.6) is 0 Å². The molecule has 0 saturated carbocycles. The molecule has 1 aliphatic heterocycles. The summed E-state index contributed by atoms with van der Waals surface area (Å²) >= 11 is 11.7. The first kappa shape index (κ1) is 15.6. The molecule has 0 amide bonds. The second kappa shape index (κ2) is 5.89. The summed E-state index contributed by atoms with van der Waals surface area (Å²) in [6, 6.07) is 4.26. The van der Waals surface area contributed by atoms with Gasteiger partial charge in [0.15, 0.2) is 0 Å². The number of hydrogen-bond acceptors (Lipinski definition) is 4. The molecule has 0 bridgehead atoms. The third kappa shape index (κ3) is 2.93. The van der Waals surface area contributed by atoms with Crippen LogP contribution in [0.4, 0.5) is 0 Å². The van der Waals surface area contributed by atoms with E-state index in [1.165, 1.54) is 29.6 Å². The number of nitrogens with zero attached hydrogens (tertiary/aromatic N) is 1. The number of methoxy groups -OCH3 is 1. The molecular weight excluding hydrogens is 325 g/mol. The number of rotatable bonds is 3. The molecule has 0 aliphatic carbocycles. The van der Waals surface area contributed by atoms with E-state index in [0.29, 0.717) is 6.42 Å². The zero-order valence-corrected chi connectivity index (χ0v) is 13.0. The second-order valence-electron chi connectivity index (χ2n) is 4.45. The average molecular weight is 338 g/mol. The van der Waals surface area contributed by atoms with Crippen molar-refractivity contribution < 1.29 is 17.9 Å². The van der Waals surface area contributed by atoms with Crippen LogP contribution in [0.1, 0.15) is 6.42 Å². The fourth-order valence-electron chi connectivity index (χ4n) is 2.12. The molecule has 1 aromatic rings. The van der Waals surface area contributed by atoms with Gasteiger partial charge in [0, 0.05) is 18.1 Å². The number of carbonyl (C=O) groups is 1. The fraction of sp³-hybridized carbons (Fsp3) is 0.417. The Bertz CT molecular complexity index is 632. The van der Waals surface area contributed by atoms with Crippen LogP contribution in [0, 0.1) is 5.92 Å². The number of ether oxygens (including phenoxy) is 1. The van der Waals surface area contributed by atoms with Crippen LogP contribution in [0.3, 0.4) is 0 Å². The van der Waals surface area contributed by atoms with Crippen LogP contribution in [0.2, 0.25) is 10.0 Å². The maximum absolute atomic E-state index is 12.5. The molecule has 0 radical (unpaired) electrons. The van der Waals surface area contributed by atoms with E-state index in [1.807, 2.05) is 0 Å². The number of carbonyl (C=O) groups excluding carboxylic acids is 1. The number of hydrogen-bond donors (Lipinski definition) is 0. The summed E-state index contributed by atoms with van der Waals surface area (Å²) in [7, 11) is -2.47. The van der Waals surface area contributed by atoms with Gasteiger partial charge in [0.2, 0.25) is 10.0 Å². The molecule has 1 unspecified atom stereocenters. The Morgan fingerprint density at radius 3 is 2.75 bits per heavy atom. The van der Waals surface area contributed by atoms with Crippen molar-refractivity contribution in [3.8, 4) is 0 Å². The Labute approximate surface area is 127 Å². The van der Waals surface area contributed by atoms with Gasteiger partial charge in [0.1, 0.15) is 4.90 Å². The monoisotopic (exact) mass is 337 g/mol. The molecule has 8 heteroatoms. The molecule has 5 nitrogen and oxygen atoms in total. The maximum atomic E-state index is 12.5. The highest BCUT2D eigenvalue weighted by molar-refractivity contribution is 7.89. The molecule has 2 rings (SSSR count). The Kier molecular flexibility index (Phi) is 4.59. The normalized spacial score (nSPS) is 20.1. The molecule has 1 aromatic carbocycles. The van der Waals surface area contributed by atoms with E-state index in [1.54, 1.807) is 0 Å². The third-order valence-corrected chi connectivity index (χ3v) is 5.78. The molecule has 1 fully saturated rings. The molecule has 1 heterocycles. The Morgan fingerprint density at radius 1 is 1.40 bits per heavy atom. The van der Waals surface area contributed by atoms with Crippen LogP contribution in [0.15, 0.2) is 23.1 Å². The highest BCUT2D eigenvalue weighted by atomic mass is 35.5. The van der Waals surface area contributed by atoms with E-state index < -0.39 is 21.9 Å². The van der Waals surface area contributed by atoms with Crippen molar-refractivity contribution in [2.45, 2.75) is 11.3 Å². The van der Waals surface area contributed by atoms with Crippen LogP contribution in [-0.4, -0.2) is 38.9 Å². The number of sulfonamides is 1. The van der Waals surface area contributed by atoms with Gasteiger partial charge in [-0.3, -0.25) is 4.79 Å². The van der Waals surface area contributed by atoms with Gasteiger partial charge in [-0.2, -0.15) is 4.31 Å². The fourth-order valence-corrected chi connectivity index (χ4v) is 4.36. The van der Waals surface area contributed by atoms with Crippen molar-refractivity contribution in [1.29, 1.82) is 0 Å². The third-order valence-electron chi connectivity index (χ3n) is 3.20. The SMILES string of the molecule is COC(=O)C1CCN(S(=O)(=O)c2cc(Cl)ccc2Cl)C1. The first-order valence-electron chi connectivity index (χ1n) is 5.89. The van der Waals surface area contributed by atoms with Crippen molar-refractivity contribution in [2.24, 2.45) is 5.92 Å². The molecule has 0 spiro atoms. The van der Waals surface area contributed by atoms with E-state index >= 15 is 0 Å². The van der Waals surface area contributed by atoms with E-state index in [2.05, 4.69) is 4.74 Å². The topological polar surface area (TPSA) is 63.7 Å². The molecule has 110 valence electrons. The number of halogens is 2. The first-order valence-corrected chi connectivity index (χ1v) is 8.09. The van der Waals surface area contributed by atoms with E-state index in [-0.39, 0.29) is 28.0 Å². The lowest BCUT2D eigenvalue weighted by Gasteiger charge is -2.17. The van der Waals surface area contributed by atoms with E-state index in [0.717, 1.165) is 0 Å². The van der Waals surface area contributed by atoms with Crippen LogP contribution >= 0.6 is 23.2 Å². The van der Waals surface area contributed by atoms with Crippen LogP contribution < -0.4 is 0 Å².